The van der Waals surface area contributed by atoms with E-state index in [1.807, 2.05) is 33.3 Å². The third-order valence-corrected chi connectivity index (χ3v) is 16.7. The fraction of sp³-hybridized carbons (Fsp3) is 0.940. The molecule has 458 valence electrons. The van der Waals surface area contributed by atoms with E-state index < -0.39 is 20.0 Å². The van der Waals surface area contributed by atoms with Crippen LogP contribution in [0.1, 0.15) is 355 Å². The van der Waals surface area contributed by atoms with Crippen molar-refractivity contribution in [3.63, 3.8) is 0 Å². The quantitative estimate of drug-likeness (QED) is 0.0212. The van der Waals surface area contributed by atoms with E-state index in [1.54, 1.807) is 0 Å². The lowest BCUT2D eigenvalue weighted by Gasteiger charge is -2.30. The van der Waals surface area contributed by atoms with Gasteiger partial charge in [0.1, 0.15) is 19.3 Å². The first kappa shape index (κ1) is 75.8. The largest absolute Gasteiger partial charge is 0.756 e. The van der Waals surface area contributed by atoms with Gasteiger partial charge in [0.05, 0.1) is 33.8 Å². The maximum absolute atomic E-state index is 13.6. The van der Waals surface area contributed by atoms with E-state index in [0.29, 0.717) is 17.4 Å². The number of esters is 1. The van der Waals surface area contributed by atoms with Crippen molar-refractivity contribution < 1.29 is 37.3 Å². The molecule has 0 aliphatic rings. The fourth-order valence-electron chi connectivity index (χ4n) is 10.5. The van der Waals surface area contributed by atoms with Crippen LogP contribution < -0.4 is 10.2 Å². The molecule has 0 aromatic rings. The van der Waals surface area contributed by atoms with E-state index in [9.17, 15) is 19.0 Å². The van der Waals surface area contributed by atoms with Crippen molar-refractivity contribution in [1.29, 1.82) is 0 Å². The minimum absolute atomic E-state index is 0.0165. The van der Waals surface area contributed by atoms with Gasteiger partial charge in [-0.2, -0.15) is 0 Å². The number of phosphoric acid groups is 1. The van der Waals surface area contributed by atoms with Gasteiger partial charge in [-0.3, -0.25) is 14.2 Å². The van der Waals surface area contributed by atoms with Crippen LogP contribution in [0.25, 0.3) is 0 Å². The van der Waals surface area contributed by atoms with Crippen LogP contribution in [-0.4, -0.2) is 69.4 Å². The Labute approximate surface area is 480 Å². The van der Waals surface area contributed by atoms with Gasteiger partial charge in [-0.25, -0.2) is 0 Å². The number of likely N-dealkylation sites (N-methyl/N-ethyl adjacent to an activating group) is 1. The van der Waals surface area contributed by atoms with Crippen LogP contribution in [0.3, 0.4) is 0 Å². The number of nitrogens with zero attached hydrogens (tertiary/aromatic N) is 1. The van der Waals surface area contributed by atoms with Crippen LogP contribution in [0.4, 0.5) is 0 Å². The average molecular weight is 1110 g/mol. The zero-order valence-corrected chi connectivity index (χ0v) is 53.3. The maximum Gasteiger partial charge on any atom is 0.306 e. The number of allylic oxidation sites excluding steroid dienone is 1. The molecule has 0 heterocycles. The van der Waals surface area contributed by atoms with E-state index in [0.717, 1.165) is 57.8 Å². The summed E-state index contributed by atoms with van der Waals surface area (Å²) in [6, 6.07) is -0.880. The molecule has 0 bridgehead atoms. The second-order valence-electron chi connectivity index (χ2n) is 24.7. The van der Waals surface area contributed by atoms with Crippen molar-refractivity contribution in [3.05, 3.63) is 12.2 Å². The Hall–Kier alpha value is -1.25. The normalized spacial score (nSPS) is 13.6. The number of ether oxygens (including phenoxy) is 1. The number of hydrogen-bond donors (Lipinski definition) is 1. The van der Waals surface area contributed by atoms with Crippen LogP contribution in [-0.2, 0) is 27.9 Å². The molecule has 1 N–H and O–H groups in total. The molecule has 0 spiro atoms. The Morgan fingerprint density at radius 3 is 1.06 bits per heavy atom. The Kier molecular flexibility index (Phi) is 57.0. The van der Waals surface area contributed by atoms with Gasteiger partial charge in [-0.15, -0.1) is 0 Å². The molecule has 3 unspecified atom stereocenters. The minimum atomic E-state index is -4.69. The van der Waals surface area contributed by atoms with Gasteiger partial charge < -0.3 is 28.5 Å². The number of unbranched alkanes of at least 4 members (excludes halogenated alkanes) is 47. The number of carbonyl (C=O) groups is 2. The van der Waals surface area contributed by atoms with E-state index >= 15 is 0 Å². The summed E-state index contributed by atoms with van der Waals surface area (Å²) >= 11 is 0. The van der Waals surface area contributed by atoms with Crippen LogP contribution in [0, 0.1) is 0 Å². The minimum Gasteiger partial charge on any atom is -0.756 e. The molecule has 0 saturated heterocycles. The van der Waals surface area contributed by atoms with Gasteiger partial charge in [-0.05, 0) is 31.8 Å². The Bertz CT molecular complexity index is 1320. The highest BCUT2D eigenvalue weighted by Gasteiger charge is 2.27. The van der Waals surface area contributed by atoms with Crippen molar-refractivity contribution >= 4 is 19.7 Å². The number of hydrogen-bond acceptors (Lipinski definition) is 7. The van der Waals surface area contributed by atoms with E-state index in [2.05, 4.69) is 26.1 Å². The Morgan fingerprint density at radius 1 is 0.442 bits per heavy atom. The van der Waals surface area contributed by atoms with Crippen LogP contribution in [0.2, 0.25) is 0 Å². The molecule has 10 heteroatoms. The third-order valence-electron chi connectivity index (χ3n) is 15.7. The molecule has 0 aromatic carbocycles. The predicted octanol–water partition coefficient (Wildman–Crippen LogP) is 20.5. The highest BCUT2D eigenvalue weighted by atomic mass is 31.2. The molecule has 0 aromatic heterocycles. The summed E-state index contributed by atoms with van der Waals surface area (Å²) in [7, 11) is 1.21. The molecule has 1 amide bonds. The average Bonchev–Trinajstić information content (AvgIpc) is 3.39. The predicted molar refractivity (Wildman–Crippen MR) is 330 cm³/mol. The van der Waals surface area contributed by atoms with Gasteiger partial charge in [0.2, 0.25) is 5.91 Å². The molecule has 9 nitrogen and oxygen atoms in total. The van der Waals surface area contributed by atoms with Gasteiger partial charge in [-0.1, -0.05) is 322 Å². The first-order valence-corrected chi connectivity index (χ1v) is 35.5. The molecule has 77 heavy (non-hydrogen) atoms. The fourth-order valence-corrected chi connectivity index (χ4v) is 11.2. The zero-order valence-electron chi connectivity index (χ0n) is 52.5. The first-order chi connectivity index (χ1) is 37.4. The molecule has 3 atom stereocenters. The van der Waals surface area contributed by atoms with Crippen molar-refractivity contribution in [2.45, 2.75) is 367 Å². The van der Waals surface area contributed by atoms with Crippen LogP contribution >= 0.6 is 7.82 Å². The highest BCUT2D eigenvalue weighted by molar-refractivity contribution is 7.45. The van der Waals surface area contributed by atoms with E-state index in [1.165, 1.54) is 263 Å². The first-order valence-electron chi connectivity index (χ1n) is 34.0. The van der Waals surface area contributed by atoms with Gasteiger partial charge in [0.25, 0.3) is 7.82 Å². The lowest BCUT2D eigenvalue weighted by molar-refractivity contribution is -0.870. The molecule has 0 aliphatic carbocycles. The summed E-state index contributed by atoms with van der Waals surface area (Å²) in [4.78, 5) is 40.1. The standard InChI is InChI=1S/C67H133N2O7P/c1-7-10-13-16-19-22-25-28-30-32-33-34-35-37-39-42-45-48-51-54-57-60-67(71)76-65(58-55-52-49-46-43-40-27-24-21-18-15-12-9-3)64(63-75-77(72,73)74-62-61-69(4,5)6)68-66(70)59-56-53-50-47-44-41-38-36-31-29-26-23-20-17-14-11-8-2/h55,58,64-65H,7-54,56-57,59-63H2,1-6H3,(H-,68,70,72,73)/b58-55+. The Balaban J connectivity index is 5.13. The Morgan fingerprint density at radius 2 is 0.740 bits per heavy atom. The second-order valence-corrected chi connectivity index (χ2v) is 26.1. The van der Waals surface area contributed by atoms with E-state index in [4.69, 9.17) is 13.8 Å². The monoisotopic (exact) mass is 1110 g/mol. The molecule has 0 rings (SSSR count). The molecular formula is C67H133N2O7P. The molecular weight excluding hydrogens is 976 g/mol. The van der Waals surface area contributed by atoms with Crippen molar-refractivity contribution in [2.75, 3.05) is 40.9 Å². The summed E-state index contributed by atoms with van der Waals surface area (Å²) < 4.78 is 30.4. The third kappa shape index (κ3) is 59.2. The summed E-state index contributed by atoms with van der Waals surface area (Å²) in [5.41, 5.74) is 0. The highest BCUT2D eigenvalue weighted by Crippen LogP contribution is 2.38. The van der Waals surface area contributed by atoms with Gasteiger partial charge in [0, 0.05) is 12.8 Å². The second kappa shape index (κ2) is 58.0. The lowest BCUT2D eigenvalue weighted by Crippen LogP contribution is -2.47. The van der Waals surface area contributed by atoms with E-state index in [-0.39, 0.29) is 31.5 Å². The number of carbonyl (C=O) groups excluding carboxylic acids is 2. The molecule has 0 aliphatic heterocycles. The lowest BCUT2D eigenvalue weighted by atomic mass is 10.0. The molecule has 0 fully saturated rings. The summed E-state index contributed by atoms with van der Waals surface area (Å²) in [5.74, 6) is -0.514. The zero-order chi connectivity index (χ0) is 56.4. The summed E-state index contributed by atoms with van der Waals surface area (Å²) in [6.07, 6.45) is 67.5. The number of quaternary nitrogens is 1. The van der Waals surface area contributed by atoms with Crippen LogP contribution in [0.5, 0.6) is 0 Å². The van der Waals surface area contributed by atoms with Crippen molar-refractivity contribution in [1.82, 2.24) is 5.32 Å². The molecule has 0 saturated carbocycles. The van der Waals surface area contributed by atoms with Gasteiger partial charge in [0.15, 0.2) is 0 Å². The molecule has 0 radical (unpaired) electrons. The maximum atomic E-state index is 13.6. The topological polar surface area (TPSA) is 114 Å². The smallest absolute Gasteiger partial charge is 0.306 e. The summed E-state index contributed by atoms with van der Waals surface area (Å²) in [6.45, 7) is 6.92. The SMILES string of the molecule is CCCCCCCCCCCCC/C=C/C(OC(=O)CCCCCCCCCCCCCCCCCCCCCCC)C(COP(=O)([O-])OCC[N+](C)(C)C)NC(=O)CCCCCCCCCCCCCCCCCCC. The number of rotatable bonds is 63. The number of nitrogens with one attached hydrogen (secondary N) is 1. The van der Waals surface area contributed by atoms with Crippen LogP contribution in [0.15, 0.2) is 12.2 Å². The van der Waals surface area contributed by atoms with Crippen molar-refractivity contribution in [3.8, 4) is 0 Å². The number of phosphoric ester groups is 1. The van der Waals surface area contributed by atoms with Crippen molar-refractivity contribution in [2.24, 2.45) is 0 Å². The summed E-state index contributed by atoms with van der Waals surface area (Å²) in [5, 5.41) is 3.05. The number of amides is 1. The van der Waals surface area contributed by atoms with Gasteiger partial charge >= 0.3 is 5.97 Å².